The van der Waals surface area contributed by atoms with Crippen molar-refractivity contribution < 1.29 is 9.53 Å². The van der Waals surface area contributed by atoms with Gasteiger partial charge in [-0.1, -0.05) is 36.4 Å². The monoisotopic (exact) mass is 499 g/mol. The molecule has 2 N–H and O–H groups in total. The number of rotatable bonds is 7. The van der Waals surface area contributed by atoms with E-state index in [2.05, 4.69) is 70.5 Å². The molecule has 37 heavy (non-hydrogen) atoms. The number of piperazine rings is 1. The highest BCUT2D eigenvalue weighted by Gasteiger charge is 2.30. The van der Waals surface area contributed by atoms with Crippen LogP contribution < -0.4 is 15.4 Å². The van der Waals surface area contributed by atoms with Gasteiger partial charge in [-0.15, -0.1) is 0 Å². The number of aldehydes is 1. The topological polar surface area (TPSA) is 76.6 Å². The first-order valence-corrected chi connectivity index (χ1v) is 12.7. The molecule has 194 valence electrons. The van der Waals surface area contributed by atoms with Crippen LogP contribution in [0, 0.1) is 0 Å². The van der Waals surface area contributed by atoms with E-state index in [1.807, 2.05) is 36.5 Å². The van der Waals surface area contributed by atoms with Crippen LogP contribution >= 0.6 is 0 Å². The summed E-state index contributed by atoms with van der Waals surface area (Å²) in [6, 6.07) is 21.3. The van der Waals surface area contributed by atoms with Gasteiger partial charge in [-0.25, -0.2) is 4.98 Å². The summed E-state index contributed by atoms with van der Waals surface area (Å²) in [5.41, 5.74) is 9.77. The van der Waals surface area contributed by atoms with E-state index in [1.165, 1.54) is 18.3 Å². The Balaban J connectivity index is 0.00000156. The van der Waals surface area contributed by atoms with E-state index in [9.17, 15) is 4.79 Å². The largest absolute Gasteiger partial charge is 0.497 e. The molecule has 7 nitrogen and oxygen atoms in total. The molecular weight excluding hydrogens is 462 g/mol. The highest BCUT2D eigenvalue weighted by Crippen LogP contribution is 2.27. The molecule has 5 rings (SSSR count). The highest BCUT2D eigenvalue weighted by atomic mass is 16.5. The lowest BCUT2D eigenvalue weighted by Crippen LogP contribution is -2.56. The second-order valence-corrected chi connectivity index (χ2v) is 9.54. The third-order valence-corrected chi connectivity index (χ3v) is 7.02. The summed E-state index contributed by atoms with van der Waals surface area (Å²) < 4.78 is 7.56. The summed E-state index contributed by atoms with van der Waals surface area (Å²) in [5, 5.41) is 1.14. The van der Waals surface area contributed by atoms with E-state index in [0.717, 1.165) is 54.8 Å². The lowest BCUT2D eigenvalue weighted by Gasteiger charge is -2.45. The van der Waals surface area contributed by atoms with Gasteiger partial charge in [0.1, 0.15) is 17.7 Å². The molecule has 2 aromatic carbocycles. The van der Waals surface area contributed by atoms with E-state index in [4.69, 9.17) is 9.72 Å². The zero-order valence-corrected chi connectivity index (χ0v) is 22.2. The lowest BCUT2D eigenvalue weighted by molar-refractivity contribution is 0.112. The zero-order chi connectivity index (χ0) is 26.4. The predicted molar refractivity (Wildman–Crippen MR) is 150 cm³/mol. The standard InChI is InChI=1S/C29H32N4O2.CH5N/c1-21-16-32(17-22(2)33(21)19-25-5-4-6-28(13-25)35-3)27-14-26-11-12-31(29(26)30-15-27)18-23-7-9-24(20-34)10-8-23;1-2/h4-15,20-22H,16-19H2,1-3H3;2H2,1H3. The van der Waals surface area contributed by atoms with Gasteiger partial charge in [0.15, 0.2) is 0 Å². The number of fused-ring (bicyclic) bond motifs is 1. The minimum Gasteiger partial charge on any atom is -0.497 e. The predicted octanol–water partition coefficient (Wildman–Crippen LogP) is 4.58. The maximum atomic E-state index is 10.9. The third kappa shape index (κ3) is 6.01. The molecule has 2 aromatic heterocycles. The average Bonchev–Trinajstić information content (AvgIpc) is 3.34. The van der Waals surface area contributed by atoms with Crippen LogP contribution in [0.3, 0.4) is 0 Å². The molecule has 1 aliphatic heterocycles. The molecule has 0 amide bonds. The van der Waals surface area contributed by atoms with Crippen molar-refractivity contribution in [2.45, 2.75) is 39.0 Å². The molecule has 0 bridgehead atoms. The number of carbonyl (C=O) groups excluding carboxylic acids is 1. The maximum Gasteiger partial charge on any atom is 0.150 e. The minimum atomic E-state index is 0.416. The average molecular weight is 500 g/mol. The van der Waals surface area contributed by atoms with Crippen molar-refractivity contribution in [1.82, 2.24) is 14.5 Å². The van der Waals surface area contributed by atoms with E-state index < -0.39 is 0 Å². The first-order chi connectivity index (χ1) is 18.0. The number of hydrogen-bond acceptors (Lipinski definition) is 6. The SMILES string of the molecule is CN.COc1cccc(CN2C(C)CN(c3cnc4c(ccn4Cc4ccc(C=O)cc4)c3)CC2C)c1. The van der Waals surface area contributed by atoms with Crippen molar-refractivity contribution >= 4 is 23.0 Å². The van der Waals surface area contributed by atoms with E-state index >= 15 is 0 Å². The number of anilines is 1. The van der Waals surface area contributed by atoms with Gasteiger partial charge in [0.05, 0.1) is 19.0 Å². The number of nitrogens with zero attached hydrogens (tertiary/aromatic N) is 4. The van der Waals surface area contributed by atoms with Crippen LogP contribution in [0.2, 0.25) is 0 Å². The van der Waals surface area contributed by atoms with Crippen molar-refractivity contribution in [2.75, 3.05) is 32.1 Å². The Morgan fingerprint density at radius 3 is 2.38 bits per heavy atom. The van der Waals surface area contributed by atoms with Crippen molar-refractivity contribution in [2.24, 2.45) is 5.73 Å². The first-order valence-electron chi connectivity index (χ1n) is 12.7. The Labute approximate surface area is 219 Å². The van der Waals surface area contributed by atoms with Gasteiger partial charge >= 0.3 is 0 Å². The van der Waals surface area contributed by atoms with Crippen LogP contribution in [-0.2, 0) is 13.1 Å². The first kappa shape index (κ1) is 26.4. The number of ether oxygens (including phenoxy) is 1. The normalized spacial score (nSPS) is 17.8. The number of hydrogen-bond donors (Lipinski definition) is 1. The fraction of sp³-hybridized carbons (Fsp3) is 0.333. The van der Waals surface area contributed by atoms with Crippen molar-refractivity contribution in [1.29, 1.82) is 0 Å². The van der Waals surface area contributed by atoms with E-state index in [0.29, 0.717) is 17.6 Å². The summed E-state index contributed by atoms with van der Waals surface area (Å²) >= 11 is 0. The van der Waals surface area contributed by atoms with Gasteiger partial charge in [0.2, 0.25) is 0 Å². The van der Waals surface area contributed by atoms with Gasteiger partial charge in [0.25, 0.3) is 0 Å². The fourth-order valence-electron chi connectivity index (χ4n) is 5.13. The van der Waals surface area contributed by atoms with Gasteiger partial charge in [0, 0.05) is 55.4 Å². The molecule has 0 aliphatic carbocycles. The Bertz CT molecular complexity index is 1310. The minimum absolute atomic E-state index is 0.416. The number of nitrogens with two attached hydrogens (primary N) is 1. The van der Waals surface area contributed by atoms with Crippen molar-refractivity contribution in [3.8, 4) is 5.75 Å². The van der Waals surface area contributed by atoms with Crippen LogP contribution in [0.4, 0.5) is 5.69 Å². The number of pyridine rings is 1. The molecule has 1 fully saturated rings. The molecular formula is C30H37N5O2. The molecule has 2 atom stereocenters. The van der Waals surface area contributed by atoms with Crippen molar-refractivity contribution in [3.05, 3.63) is 89.7 Å². The second kappa shape index (κ2) is 12.0. The molecule has 1 saturated heterocycles. The van der Waals surface area contributed by atoms with Gasteiger partial charge in [-0.2, -0.15) is 0 Å². The summed E-state index contributed by atoms with van der Waals surface area (Å²) in [4.78, 5) is 20.8. The summed E-state index contributed by atoms with van der Waals surface area (Å²) in [6.07, 6.45) is 4.97. The Morgan fingerprint density at radius 2 is 1.70 bits per heavy atom. The fourth-order valence-corrected chi connectivity index (χ4v) is 5.13. The number of carbonyl (C=O) groups is 1. The molecule has 7 heteroatoms. The Morgan fingerprint density at radius 1 is 0.973 bits per heavy atom. The van der Waals surface area contributed by atoms with Gasteiger partial charge in [-0.05, 0) is 56.3 Å². The molecule has 0 spiro atoms. The maximum absolute atomic E-state index is 10.9. The van der Waals surface area contributed by atoms with Crippen molar-refractivity contribution in [3.63, 3.8) is 0 Å². The summed E-state index contributed by atoms with van der Waals surface area (Å²) in [6.45, 7) is 8.19. The Hall–Kier alpha value is -3.68. The van der Waals surface area contributed by atoms with Crippen LogP contribution in [0.5, 0.6) is 5.75 Å². The quantitative estimate of drug-likeness (QED) is 0.375. The molecule has 2 unspecified atom stereocenters. The van der Waals surface area contributed by atoms with Crippen LogP contribution in [0.25, 0.3) is 11.0 Å². The molecule has 0 radical (unpaired) electrons. The number of aromatic nitrogens is 2. The summed E-state index contributed by atoms with van der Waals surface area (Å²) in [7, 11) is 3.22. The van der Waals surface area contributed by atoms with Gasteiger partial charge in [-0.3, -0.25) is 9.69 Å². The van der Waals surface area contributed by atoms with Crippen LogP contribution in [0.15, 0.2) is 73.1 Å². The highest BCUT2D eigenvalue weighted by molar-refractivity contribution is 5.80. The summed E-state index contributed by atoms with van der Waals surface area (Å²) in [5.74, 6) is 0.908. The Kier molecular flexibility index (Phi) is 8.58. The smallest absolute Gasteiger partial charge is 0.150 e. The number of benzene rings is 2. The molecule has 0 saturated carbocycles. The molecule has 1 aliphatic rings. The van der Waals surface area contributed by atoms with Crippen LogP contribution in [0.1, 0.15) is 35.3 Å². The van der Waals surface area contributed by atoms with Crippen LogP contribution in [-0.4, -0.2) is 60.1 Å². The molecule has 4 aromatic rings. The third-order valence-electron chi connectivity index (χ3n) is 7.02. The van der Waals surface area contributed by atoms with E-state index in [-0.39, 0.29) is 0 Å². The lowest BCUT2D eigenvalue weighted by atomic mass is 10.1. The second-order valence-electron chi connectivity index (χ2n) is 9.54. The van der Waals surface area contributed by atoms with E-state index in [1.54, 1.807) is 7.11 Å². The number of methoxy groups -OCH3 is 1. The van der Waals surface area contributed by atoms with Gasteiger partial charge < -0.3 is 19.9 Å². The zero-order valence-electron chi connectivity index (χ0n) is 22.2. The molecule has 3 heterocycles.